The van der Waals surface area contributed by atoms with Crippen LogP contribution >= 0.6 is 0 Å². The zero-order chi connectivity index (χ0) is 20.2. The van der Waals surface area contributed by atoms with Crippen LogP contribution in [0.3, 0.4) is 0 Å². The van der Waals surface area contributed by atoms with Gasteiger partial charge in [-0.1, -0.05) is 55.7 Å². The molecule has 0 unspecified atom stereocenters. The first-order valence-corrected chi connectivity index (χ1v) is 11.3. The van der Waals surface area contributed by atoms with E-state index >= 15 is 0 Å². The van der Waals surface area contributed by atoms with Gasteiger partial charge in [0.1, 0.15) is 0 Å². The Morgan fingerprint density at radius 2 is 1.62 bits per heavy atom. The second kappa shape index (κ2) is 8.98. The Morgan fingerprint density at radius 3 is 2.34 bits per heavy atom. The molecule has 154 valence electrons. The smallest absolute Gasteiger partial charge is 0.254 e. The first-order valence-electron chi connectivity index (χ1n) is 11.3. The Labute approximate surface area is 173 Å². The molecular formula is C25H32N2O2. The lowest BCUT2D eigenvalue weighted by molar-refractivity contribution is -0.139. The number of carbonyl (C=O) groups excluding carboxylic acids is 2. The molecule has 0 spiro atoms. The summed E-state index contributed by atoms with van der Waals surface area (Å²) < 4.78 is 0. The summed E-state index contributed by atoms with van der Waals surface area (Å²) >= 11 is 0. The van der Waals surface area contributed by atoms with E-state index in [2.05, 4.69) is 11.8 Å². The van der Waals surface area contributed by atoms with Crippen LogP contribution < -0.4 is 0 Å². The summed E-state index contributed by atoms with van der Waals surface area (Å²) in [6.45, 7) is 4.24. The predicted molar refractivity (Wildman–Crippen MR) is 117 cm³/mol. The number of rotatable bonds is 4. The molecule has 0 atom stereocenters. The van der Waals surface area contributed by atoms with Crippen LogP contribution in [0.15, 0.2) is 42.5 Å². The van der Waals surface area contributed by atoms with Crippen molar-refractivity contribution < 1.29 is 9.59 Å². The summed E-state index contributed by atoms with van der Waals surface area (Å²) in [5.41, 5.74) is 0.769. The molecule has 2 aromatic carbocycles. The molecule has 2 amide bonds. The summed E-state index contributed by atoms with van der Waals surface area (Å²) in [7, 11) is 0. The van der Waals surface area contributed by atoms with Gasteiger partial charge in [-0.25, -0.2) is 0 Å². The molecule has 0 bridgehead atoms. The summed E-state index contributed by atoms with van der Waals surface area (Å²) in [4.78, 5) is 30.4. The molecule has 1 saturated heterocycles. The Balaban J connectivity index is 1.41. The minimum atomic E-state index is 0.0634. The zero-order valence-corrected chi connectivity index (χ0v) is 17.5. The van der Waals surface area contributed by atoms with E-state index in [1.165, 1.54) is 19.3 Å². The lowest BCUT2D eigenvalue weighted by Gasteiger charge is -2.38. The van der Waals surface area contributed by atoms with Crippen molar-refractivity contribution in [2.75, 3.05) is 19.6 Å². The minimum absolute atomic E-state index is 0.0634. The number of nitrogens with zero attached hydrogens (tertiary/aromatic N) is 2. The van der Waals surface area contributed by atoms with Crippen molar-refractivity contribution in [2.24, 2.45) is 5.92 Å². The average molecular weight is 393 g/mol. The third kappa shape index (κ3) is 4.17. The van der Waals surface area contributed by atoms with E-state index in [1.54, 1.807) is 0 Å². The van der Waals surface area contributed by atoms with Crippen molar-refractivity contribution in [3.05, 3.63) is 48.0 Å². The summed E-state index contributed by atoms with van der Waals surface area (Å²) in [5.74, 6) is 0.470. The lowest BCUT2D eigenvalue weighted by Crippen LogP contribution is -2.48. The van der Waals surface area contributed by atoms with Gasteiger partial charge >= 0.3 is 0 Å². The van der Waals surface area contributed by atoms with E-state index < -0.39 is 0 Å². The normalized spacial score (nSPS) is 18.7. The molecule has 1 aliphatic heterocycles. The molecule has 4 nitrogen and oxygen atoms in total. The quantitative estimate of drug-likeness (QED) is 0.744. The number of amides is 2. The van der Waals surface area contributed by atoms with Gasteiger partial charge in [-0.05, 0) is 49.4 Å². The fourth-order valence-electron chi connectivity index (χ4n) is 5.13. The van der Waals surface area contributed by atoms with Crippen LogP contribution in [0.2, 0.25) is 0 Å². The van der Waals surface area contributed by atoms with Gasteiger partial charge < -0.3 is 9.80 Å². The van der Waals surface area contributed by atoms with Crippen LogP contribution in [-0.2, 0) is 4.79 Å². The highest BCUT2D eigenvalue weighted by molar-refractivity contribution is 6.07. The average Bonchev–Trinajstić information content (AvgIpc) is 2.79. The number of hydrogen-bond donors (Lipinski definition) is 0. The number of fused-ring (bicyclic) bond motifs is 1. The SMILES string of the molecule is CCN(C(=O)C1CCN(C(=O)c2cccc3ccccc23)CC1)C1CCCCC1. The second-order valence-electron chi connectivity index (χ2n) is 8.51. The van der Waals surface area contributed by atoms with Crippen molar-refractivity contribution in [2.45, 2.75) is 57.9 Å². The van der Waals surface area contributed by atoms with Crippen LogP contribution in [0.1, 0.15) is 62.2 Å². The highest BCUT2D eigenvalue weighted by atomic mass is 16.2. The molecular weight excluding hydrogens is 360 g/mol. The van der Waals surface area contributed by atoms with Crippen molar-refractivity contribution in [3.63, 3.8) is 0 Å². The summed E-state index contributed by atoms with van der Waals surface area (Å²) in [5, 5.41) is 2.10. The van der Waals surface area contributed by atoms with Crippen LogP contribution in [-0.4, -0.2) is 47.3 Å². The van der Waals surface area contributed by atoms with E-state index in [0.29, 0.717) is 25.0 Å². The van der Waals surface area contributed by atoms with Crippen LogP contribution in [0.5, 0.6) is 0 Å². The molecule has 0 N–H and O–H groups in total. The van der Waals surface area contributed by atoms with Crippen molar-refractivity contribution >= 4 is 22.6 Å². The molecule has 1 heterocycles. The summed E-state index contributed by atoms with van der Waals surface area (Å²) in [6, 6.07) is 14.4. The number of benzene rings is 2. The van der Waals surface area contributed by atoms with Gasteiger partial charge in [0, 0.05) is 37.2 Å². The first kappa shape index (κ1) is 19.9. The number of hydrogen-bond acceptors (Lipinski definition) is 2. The van der Waals surface area contributed by atoms with Gasteiger partial charge in [0.05, 0.1) is 0 Å². The molecule has 29 heavy (non-hydrogen) atoms. The van der Waals surface area contributed by atoms with Gasteiger partial charge in [-0.3, -0.25) is 9.59 Å². The number of carbonyl (C=O) groups is 2. The molecule has 1 aliphatic carbocycles. The van der Waals surface area contributed by atoms with Gasteiger partial charge in [0.2, 0.25) is 5.91 Å². The number of likely N-dealkylation sites (tertiary alicyclic amines) is 1. The maximum absolute atomic E-state index is 13.2. The van der Waals surface area contributed by atoms with Crippen LogP contribution in [0, 0.1) is 5.92 Å². The molecule has 4 rings (SSSR count). The minimum Gasteiger partial charge on any atom is -0.340 e. The molecule has 2 aromatic rings. The maximum Gasteiger partial charge on any atom is 0.254 e. The van der Waals surface area contributed by atoms with Gasteiger partial charge in [-0.2, -0.15) is 0 Å². The van der Waals surface area contributed by atoms with Crippen molar-refractivity contribution in [1.29, 1.82) is 0 Å². The maximum atomic E-state index is 13.2. The topological polar surface area (TPSA) is 40.6 Å². The molecule has 1 saturated carbocycles. The highest BCUT2D eigenvalue weighted by Crippen LogP contribution is 2.28. The van der Waals surface area contributed by atoms with E-state index in [1.807, 2.05) is 47.4 Å². The third-order valence-electron chi connectivity index (χ3n) is 6.79. The Morgan fingerprint density at radius 1 is 0.931 bits per heavy atom. The molecule has 0 aromatic heterocycles. The highest BCUT2D eigenvalue weighted by Gasteiger charge is 2.33. The van der Waals surface area contributed by atoms with Gasteiger partial charge in [-0.15, -0.1) is 0 Å². The monoisotopic (exact) mass is 392 g/mol. The summed E-state index contributed by atoms with van der Waals surface area (Å²) in [6.07, 6.45) is 7.64. The lowest BCUT2D eigenvalue weighted by atomic mass is 9.90. The second-order valence-corrected chi connectivity index (χ2v) is 8.51. The van der Waals surface area contributed by atoms with E-state index in [0.717, 1.165) is 48.6 Å². The Hall–Kier alpha value is -2.36. The molecule has 0 radical (unpaired) electrons. The van der Waals surface area contributed by atoms with E-state index in [-0.39, 0.29) is 11.8 Å². The zero-order valence-electron chi connectivity index (χ0n) is 17.5. The van der Waals surface area contributed by atoms with E-state index in [4.69, 9.17) is 0 Å². The van der Waals surface area contributed by atoms with Gasteiger partial charge in [0.15, 0.2) is 0 Å². The van der Waals surface area contributed by atoms with Crippen molar-refractivity contribution in [1.82, 2.24) is 9.80 Å². The fourth-order valence-corrected chi connectivity index (χ4v) is 5.13. The standard InChI is InChI=1S/C25H32N2O2/c1-2-27(21-11-4-3-5-12-21)24(28)20-15-17-26(18-16-20)25(29)23-14-8-10-19-9-6-7-13-22(19)23/h6-10,13-14,20-21H,2-5,11-12,15-18H2,1H3. The molecule has 2 fully saturated rings. The van der Waals surface area contributed by atoms with Crippen molar-refractivity contribution in [3.8, 4) is 0 Å². The first-order chi connectivity index (χ1) is 14.2. The van der Waals surface area contributed by atoms with Gasteiger partial charge in [0.25, 0.3) is 5.91 Å². The third-order valence-corrected chi connectivity index (χ3v) is 6.79. The predicted octanol–water partition coefficient (Wildman–Crippen LogP) is 4.87. The van der Waals surface area contributed by atoms with Crippen LogP contribution in [0.4, 0.5) is 0 Å². The largest absolute Gasteiger partial charge is 0.340 e. The molecule has 4 heteroatoms. The van der Waals surface area contributed by atoms with Crippen LogP contribution in [0.25, 0.3) is 10.8 Å². The number of piperidine rings is 1. The Bertz CT molecular complexity index is 859. The Kier molecular flexibility index (Phi) is 6.17. The molecule has 2 aliphatic rings. The van der Waals surface area contributed by atoms with E-state index in [9.17, 15) is 9.59 Å². The fraction of sp³-hybridized carbons (Fsp3) is 0.520.